The molecule has 1 aliphatic heterocycles. The Labute approximate surface area is 122 Å². The maximum atomic E-state index is 12.5. The van der Waals surface area contributed by atoms with Crippen molar-refractivity contribution in [2.24, 2.45) is 17.6 Å². The number of amides is 1. The van der Waals surface area contributed by atoms with Crippen LogP contribution in [0.5, 0.6) is 0 Å². The molecule has 2 N–H and O–H groups in total. The number of nitrogens with zero attached hydrogens (tertiary/aromatic N) is 1. The Morgan fingerprint density at radius 1 is 1.47 bits per heavy atom. The molecule has 1 amide bonds. The van der Waals surface area contributed by atoms with Gasteiger partial charge in [0.05, 0.1) is 10.3 Å². The summed E-state index contributed by atoms with van der Waals surface area (Å²) in [6, 6.07) is 4.10. The van der Waals surface area contributed by atoms with Gasteiger partial charge in [0.25, 0.3) is 0 Å². The summed E-state index contributed by atoms with van der Waals surface area (Å²) in [6.45, 7) is 3.70. The van der Waals surface area contributed by atoms with Crippen LogP contribution in [0.3, 0.4) is 0 Å². The highest BCUT2D eigenvalue weighted by Crippen LogP contribution is 2.38. The molecule has 1 aliphatic carbocycles. The smallest absolute Gasteiger partial charge is 0.230 e. The fourth-order valence-corrected chi connectivity index (χ4v) is 4.55. The molecule has 2 aliphatic rings. The normalized spacial score (nSPS) is 31.5. The quantitative estimate of drug-likeness (QED) is 0.912. The van der Waals surface area contributed by atoms with Gasteiger partial charge in [0, 0.05) is 24.0 Å². The summed E-state index contributed by atoms with van der Waals surface area (Å²) in [5.74, 6) is 1.27. The molecule has 2 fully saturated rings. The van der Waals surface area contributed by atoms with E-state index in [1.807, 2.05) is 24.0 Å². The lowest BCUT2D eigenvalue weighted by atomic mass is 9.98. The molecule has 0 bridgehead atoms. The van der Waals surface area contributed by atoms with Crippen molar-refractivity contribution in [1.29, 1.82) is 0 Å². The van der Waals surface area contributed by atoms with Crippen LogP contribution in [0.4, 0.5) is 0 Å². The van der Waals surface area contributed by atoms with Crippen molar-refractivity contribution in [1.82, 2.24) is 4.90 Å². The zero-order chi connectivity index (χ0) is 13.6. The average Bonchev–Trinajstić information content (AvgIpc) is 3.06. The fourth-order valence-electron chi connectivity index (χ4n) is 3.44. The molecular formula is C14H19ClN2OS. The first-order valence-corrected chi connectivity index (χ1v) is 8.05. The van der Waals surface area contributed by atoms with E-state index in [0.717, 1.165) is 28.7 Å². The molecular weight excluding hydrogens is 280 g/mol. The Morgan fingerprint density at radius 2 is 2.26 bits per heavy atom. The third-order valence-corrected chi connectivity index (χ3v) is 6.03. The van der Waals surface area contributed by atoms with Gasteiger partial charge in [-0.1, -0.05) is 11.6 Å². The predicted molar refractivity (Wildman–Crippen MR) is 78.5 cm³/mol. The minimum absolute atomic E-state index is 0.0902. The zero-order valence-electron chi connectivity index (χ0n) is 11.0. The second-order valence-corrected chi connectivity index (χ2v) is 7.52. The van der Waals surface area contributed by atoms with Gasteiger partial charge in [-0.2, -0.15) is 0 Å². The molecule has 104 valence electrons. The van der Waals surface area contributed by atoms with Gasteiger partial charge < -0.3 is 10.6 Å². The Morgan fingerprint density at radius 3 is 2.89 bits per heavy atom. The molecule has 5 heteroatoms. The standard InChI is InChI=1S/C14H19ClN2OS/c1-8(12-4-5-13(15)19-12)14(18)17-6-9-2-3-11(16)10(9)7-17/h4-5,8-11H,2-3,6-7,16H2,1H3. The Balaban J connectivity index is 1.68. The SMILES string of the molecule is CC(C(=O)N1CC2CCC(N)C2C1)c1ccc(Cl)s1. The summed E-state index contributed by atoms with van der Waals surface area (Å²) in [5, 5.41) is 0. The van der Waals surface area contributed by atoms with E-state index in [-0.39, 0.29) is 17.9 Å². The van der Waals surface area contributed by atoms with Gasteiger partial charge >= 0.3 is 0 Å². The summed E-state index contributed by atoms with van der Waals surface area (Å²) >= 11 is 7.44. The van der Waals surface area contributed by atoms with Gasteiger partial charge in [-0.3, -0.25) is 4.79 Å². The van der Waals surface area contributed by atoms with Crippen LogP contribution in [0.2, 0.25) is 4.34 Å². The molecule has 0 spiro atoms. The number of carbonyl (C=O) groups excluding carboxylic acids is 1. The first-order chi connectivity index (χ1) is 9.06. The van der Waals surface area contributed by atoms with Crippen molar-refractivity contribution in [3.8, 4) is 0 Å². The highest BCUT2D eigenvalue weighted by molar-refractivity contribution is 7.16. The van der Waals surface area contributed by atoms with Crippen LogP contribution in [0.1, 0.15) is 30.6 Å². The molecule has 1 saturated heterocycles. The molecule has 1 aromatic heterocycles. The van der Waals surface area contributed by atoms with Gasteiger partial charge in [-0.15, -0.1) is 11.3 Å². The van der Waals surface area contributed by atoms with E-state index in [2.05, 4.69) is 0 Å². The number of thiophene rings is 1. The third-order valence-electron chi connectivity index (χ3n) is 4.62. The van der Waals surface area contributed by atoms with Gasteiger partial charge in [-0.05, 0) is 43.7 Å². The molecule has 4 atom stereocenters. The van der Waals surface area contributed by atoms with E-state index >= 15 is 0 Å². The average molecular weight is 299 g/mol. The number of rotatable bonds is 2. The number of fused-ring (bicyclic) bond motifs is 1. The maximum absolute atomic E-state index is 12.5. The van der Waals surface area contributed by atoms with E-state index in [1.54, 1.807) is 0 Å². The minimum Gasteiger partial charge on any atom is -0.342 e. The number of halogens is 1. The number of hydrogen-bond acceptors (Lipinski definition) is 3. The molecule has 19 heavy (non-hydrogen) atoms. The monoisotopic (exact) mass is 298 g/mol. The highest BCUT2D eigenvalue weighted by atomic mass is 35.5. The molecule has 4 unspecified atom stereocenters. The van der Waals surface area contributed by atoms with Crippen LogP contribution >= 0.6 is 22.9 Å². The number of nitrogens with two attached hydrogens (primary N) is 1. The number of hydrogen-bond donors (Lipinski definition) is 1. The topological polar surface area (TPSA) is 46.3 Å². The second kappa shape index (κ2) is 5.08. The summed E-state index contributed by atoms with van der Waals surface area (Å²) < 4.78 is 0.745. The van der Waals surface area contributed by atoms with E-state index in [1.165, 1.54) is 17.8 Å². The van der Waals surface area contributed by atoms with E-state index in [9.17, 15) is 4.79 Å². The third kappa shape index (κ3) is 2.41. The van der Waals surface area contributed by atoms with Crippen LogP contribution in [0.15, 0.2) is 12.1 Å². The predicted octanol–water partition coefficient (Wildman–Crippen LogP) is 2.70. The minimum atomic E-state index is -0.0902. The van der Waals surface area contributed by atoms with Crippen molar-refractivity contribution < 1.29 is 4.79 Å². The van der Waals surface area contributed by atoms with Gasteiger partial charge in [-0.25, -0.2) is 0 Å². The van der Waals surface area contributed by atoms with E-state index in [0.29, 0.717) is 11.8 Å². The van der Waals surface area contributed by atoms with Crippen LogP contribution in [0, 0.1) is 11.8 Å². The maximum Gasteiger partial charge on any atom is 0.230 e. The fraction of sp³-hybridized carbons (Fsp3) is 0.643. The van der Waals surface area contributed by atoms with Crippen LogP contribution in [-0.2, 0) is 4.79 Å². The first kappa shape index (κ1) is 13.4. The van der Waals surface area contributed by atoms with Crippen LogP contribution < -0.4 is 5.73 Å². The van der Waals surface area contributed by atoms with E-state index < -0.39 is 0 Å². The van der Waals surface area contributed by atoms with Crippen LogP contribution in [0.25, 0.3) is 0 Å². The first-order valence-electron chi connectivity index (χ1n) is 6.86. The Hall–Kier alpha value is -0.580. The van der Waals surface area contributed by atoms with Gasteiger partial charge in [0.15, 0.2) is 0 Å². The highest BCUT2D eigenvalue weighted by Gasteiger charge is 2.43. The second-order valence-electron chi connectivity index (χ2n) is 5.77. The molecule has 0 radical (unpaired) electrons. The molecule has 3 nitrogen and oxygen atoms in total. The summed E-state index contributed by atoms with van der Waals surface area (Å²) in [6.07, 6.45) is 2.29. The Kier molecular flexibility index (Phi) is 3.58. The van der Waals surface area contributed by atoms with Gasteiger partial charge in [0.1, 0.15) is 0 Å². The van der Waals surface area contributed by atoms with Gasteiger partial charge in [0.2, 0.25) is 5.91 Å². The van der Waals surface area contributed by atoms with Crippen LogP contribution in [-0.4, -0.2) is 29.9 Å². The van der Waals surface area contributed by atoms with Crippen molar-refractivity contribution in [2.45, 2.75) is 31.7 Å². The molecule has 1 saturated carbocycles. The number of likely N-dealkylation sites (tertiary alicyclic amines) is 1. The van der Waals surface area contributed by atoms with E-state index in [4.69, 9.17) is 17.3 Å². The van der Waals surface area contributed by atoms with Crippen molar-refractivity contribution in [2.75, 3.05) is 13.1 Å². The zero-order valence-corrected chi connectivity index (χ0v) is 12.6. The lowest BCUT2D eigenvalue weighted by Gasteiger charge is -2.22. The summed E-state index contributed by atoms with van der Waals surface area (Å²) in [7, 11) is 0. The molecule has 0 aromatic carbocycles. The summed E-state index contributed by atoms with van der Waals surface area (Å²) in [4.78, 5) is 15.6. The molecule has 3 rings (SSSR count). The van der Waals surface area contributed by atoms with Crippen molar-refractivity contribution >= 4 is 28.8 Å². The Bertz CT molecular complexity index is 490. The molecule has 1 aromatic rings. The number of carbonyl (C=O) groups is 1. The lowest BCUT2D eigenvalue weighted by Crippen LogP contribution is -2.35. The largest absolute Gasteiger partial charge is 0.342 e. The van der Waals surface area contributed by atoms with Crippen molar-refractivity contribution in [3.63, 3.8) is 0 Å². The lowest BCUT2D eigenvalue weighted by molar-refractivity contribution is -0.131. The summed E-state index contributed by atoms with van der Waals surface area (Å²) in [5.41, 5.74) is 6.12. The molecule has 2 heterocycles. The van der Waals surface area contributed by atoms with Crippen molar-refractivity contribution in [3.05, 3.63) is 21.3 Å².